The molecule has 0 aliphatic carbocycles. The molecule has 150 valence electrons. The second kappa shape index (κ2) is 9.78. The molecule has 2 rings (SSSR count). The van der Waals surface area contributed by atoms with Crippen molar-refractivity contribution in [1.82, 2.24) is 10.6 Å². The van der Waals surface area contributed by atoms with Crippen molar-refractivity contribution in [1.29, 1.82) is 0 Å². The van der Waals surface area contributed by atoms with E-state index >= 15 is 0 Å². The molecule has 0 radical (unpaired) electrons. The molecule has 0 aliphatic rings. The zero-order valence-electron chi connectivity index (χ0n) is 16.8. The zero-order chi connectivity index (χ0) is 20.6. The van der Waals surface area contributed by atoms with E-state index < -0.39 is 29.9 Å². The topological polar surface area (TPSA) is 76.7 Å². The van der Waals surface area contributed by atoms with Gasteiger partial charge in [0.05, 0.1) is 12.1 Å². The number of nitrogens with one attached hydrogen (secondary N) is 2. The molecule has 6 heteroatoms. The largest absolute Gasteiger partial charge is 0.445 e. The lowest BCUT2D eigenvalue weighted by atomic mass is 10.0. The van der Waals surface area contributed by atoms with Gasteiger partial charge in [-0.3, -0.25) is 0 Å². The minimum atomic E-state index is -0.603. The zero-order valence-corrected chi connectivity index (χ0v) is 16.8. The van der Waals surface area contributed by atoms with Crippen molar-refractivity contribution in [2.45, 2.75) is 52.0 Å². The molecule has 2 aromatic carbocycles. The van der Waals surface area contributed by atoms with Crippen LogP contribution in [0.5, 0.6) is 0 Å². The predicted octanol–water partition coefficient (Wildman–Crippen LogP) is 4.57. The van der Waals surface area contributed by atoms with Gasteiger partial charge in [-0.05, 0) is 38.8 Å². The third-order valence-electron chi connectivity index (χ3n) is 3.89. The fourth-order valence-electron chi connectivity index (χ4n) is 2.63. The minimum Gasteiger partial charge on any atom is -0.445 e. The summed E-state index contributed by atoms with van der Waals surface area (Å²) in [6, 6.07) is 18.0. The summed E-state index contributed by atoms with van der Waals surface area (Å²) in [7, 11) is 0. The van der Waals surface area contributed by atoms with Crippen LogP contribution >= 0.6 is 0 Å². The van der Waals surface area contributed by atoms with Crippen molar-refractivity contribution in [2.24, 2.45) is 0 Å². The van der Waals surface area contributed by atoms with Crippen LogP contribution in [0.15, 0.2) is 60.7 Å². The fraction of sp³-hybridized carbons (Fsp3) is 0.364. The maximum absolute atomic E-state index is 12.3. The summed E-state index contributed by atoms with van der Waals surface area (Å²) in [6.45, 7) is 7.36. The number of hydrogen-bond donors (Lipinski definition) is 2. The van der Waals surface area contributed by atoms with Crippen LogP contribution in [-0.4, -0.2) is 23.8 Å². The van der Waals surface area contributed by atoms with Crippen LogP contribution in [0.2, 0.25) is 0 Å². The first-order chi connectivity index (χ1) is 13.2. The summed E-state index contributed by atoms with van der Waals surface area (Å²) in [4.78, 5) is 24.5. The Labute approximate surface area is 166 Å². The van der Waals surface area contributed by atoms with Gasteiger partial charge in [0, 0.05) is 0 Å². The van der Waals surface area contributed by atoms with E-state index in [0.717, 1.165) is 11.1 Å². The van der Waals surface area contributed by atoms with Crippen molar-refractivity contribution in [3.05, 3.63) is 71.8 Å². The molecule has 2 amide bonds. The monoisotopic (exact) mass is 384 g/mol. The molecule has 0 aliphatic heterocycles. The molecule has 2 aromatic rings. The highest BCUT2D eigenvalue weighted by atomic mass is 16.6. The first kappa shape index (κ1) is 21.3. The normalized spacial score (nSPS) is 13.1. The average Bonchev–Trinajstić information content (AvgIpc) is 2.64. The Balaban J connectivity index is 2.03. The van der Waals surface area contributed by atoms with Gasteiger partial charge in [-0.15, -0.1) is 0 Å². The highest BCUT2D eigenvalue weighted by Gasteiger charge is 2.25. The Kier molecular flexibility index (Phi) is 7.44. The van der Waals surface area contributed by atoms with E-state index in [1.54, 1.807) is 27.7 Å². The van der Waals surface area contributed by atoms with E-state index in [1.807, 2.05) is 60.7 Å². The van der Waals surface area contributed by atoms with E-state index in [-0.39, 0.29) is 6.61 Å². The fourth-order valence-corrected chi connectivity index (χ4v) is 2.63. The van der Waals surface area contributed by atoms with Gasteiger partial charge in [0.2, 0.25) is 0 Å². The van der Waals surface area contributed by atoms with Crippen LogP contribution in [0, 0.1) is 0 Å². The van der Waals surface area contributed by atoms with Crippen LogP contribution in [-0.2, 0) is 16.1 Å². The van der Waals surface area contributed by atoms with Crippen LogP contribution in [0.1, 0.15) is 44.9 Å². The number of ether oxygens (including phenoxy) is 2. The SMILES string of the molecule is C[C@@H](NC(=O)OC(C)(C)C)C(NC(=O)OCc1ccccc1)c1ccccc1. The molecule has 0 bridgehead atoms. The van der Waals surface area contributed by atoms with E-state index in [4.69, 9.17) is 9.47 Å². The lowest BCUT2D eigenvalue weighted by Crippen LogP contribution is -2.46. The standard InChI is InChI=1S/C22H28N2O4/c1-16(23-21(26)28-22(2,3)4)19(18-13-9-6-10-14-18)24-20(25)27-15-17-11-7-5-8-12-17/h5-14,16,19H,15H2,1-4H3,(H,23,26)(H,24,25)/t16-,19?/m1/s1. The van der Waals surface area contributed by atoms with Crippen LogP contribution in [0.3, 0.4) is 0 Å². The Bertz CT molecular complexity index is 757. The molecule has 2 atom stereocenters. The lowest BCUT2D eigenvalue weighted by Gasteiger charge is -2.28. The smallest absolute Gasteiger partial charge is 0.408 e. The van der Waals surface area contributed by atoms with Crippen LogP contribution in [0.25, 0.3) is 0 Å². The molecular formula is C22H28N2O4. The first-order valence-corrected chi connectivity index (χ1v) is 9.26. The number of rotatable bonds is 6. The maximum Gasteiger partial charge on any atom is 0.408 e. The maximum atomic E-state index is 12.3. The molecule has 0 heterocycles. The molecule has 0 saturated heterocycles. The van der Waals surface area contributed by atoms with Crippen molar-refractivity contribution in [3.8, 4) is 0 Å². The van der Waals surface area contributed by atoms with E-state index in [0.29, 0.717) is 0 Å². The van der Waals surface area contributed by atoms with Gasteiger partial charge in [-0.1, -0.05) is 60.7 Å². The summed E-state index contributed by atoms with van der Waals surface area (Å²) >= 11 is 0. The third-order valence-corrected chi connectivity index (χ3v) is 3.89. The van der Waals surface area contributed by atoms with Crippen LogP contribution in [0.4, 0.5) is 9.59 Å². The number of carbonyl (C=O) groups is 2. The Morgan fingerprint density at radius 2 is 1.46 bits per heavy atom. The summed E-state index contributed by atoms with van der Waals surface area (Å²) < 4.78 is 10.6. The number of hydrogen-bond acceptors (Lipinski definition) is 4. The van der Waals surface area contributed by atoms with Crippen molar-refractivity contribution < 1.29 is 19.1 Å². The van der Waals surface area contributed by atoms with Gasteiger partial charge in [-0.2, -0.15) is 0 Å². The Morgan fingerprint density at radius 1 is 0.893 bits per heavy atom. The summed E-state index contributed by atoms with van der Waals surface area (Å²) in [5, 5.41) is 5.62. The quantitative estimate of drug-likeness (QED) is 0.765. The minimum absolute atomic E-state index is 0.169. The molecule has 6 nitrogen and oxygen atoms in total. The molecule has 0 saturated carbocycles. The Hall–Kier alpha value is -3.02. The number of benzene rings is 2. The van der Waals surface area contributed by atoms with Gasteiger partial charge in [0.15, 0.2) is 0 Å². The Morgan fingerprint density at radius 3 is 2.04 bits per heavy atom. The van der Waals surface area contributed by atoms with E-state index in [1.165, 1.54) is 0 Å². The van der Waals surface area contributed by atoms with Crippen LogP contribution < -0.4 is 10.6 Å². The molecule has 28 heavy (non-hydrogen) atoms. The number of alkyl carbamates (subject to hydrolysis) is 2. The lowest BCUT2D eigenvalue weighted by molar-refractivity contribution is 0.0494. The molecule has 0 spiro atoms. The van der Waals surface area contributed by atoms with E-state index in [9.17, 15) is 9.59 Å². The molecule has 0 aromatic heterocycles. The second-order valence-electron chi connectivity index (χ2n) is 7.53. The predicted molar refractivity (Wildman–Crippen MR) is 108 cm³/mol. The molecule has 1 unspecified atom stereocenters. The van der Waals surface area contributed by atoms with Crippen molar-refractivity contribution >= 4 is 12.2 Å². The van der Waals surface area contributed by atoms with Crippen molar-refractivity contribution in [3.63, 3.8) is 0 Å². The second-order valence-corrected chi connectivity index (χ2v) is 7.53. The summed E-state index contributed by atoms with van der Waals surface area (Å²) in [5.41, 5.74) is 1.14. The number of carbonyl (C=O) groups excluding carboxylic acids is 2. The molecular weight excluding hydrogens is 356 g/mol. The summed E-state index contributed by atoms with van der Waals surface area (Å²) in [6.07, 6.45) is -1.10. The van der Waals surface area contributed by atoms with Gasteiger partial charge >= 0.3 is 12.2 Å². The highest BCUT2D eigenvalue weighted by molar-refractivity contribution is 5.70. The van der Waals surface area contributed by atoms with Crippen molar-refractivity contribution in [2.75, 3.05) is 0 Å². The molecule has 2 N–H and O–H groups in total. The van der Waals surface area contributed by atoms with Gasteiger partial charge in [0.25, 0.3) is 0 Å². The van der Waals surface area contributed by atoms with Gasteiger partial charge < -0.3 is 20.1 Å². The number of amides is 2. The highest BCUT2D eigenvalue weighted by Crippen LogP contribution is 2.18. The van der Waals surface area contributed by atoms with Gasteiger partial charge in [-0.25, -0.2) is 9.59 Å². The first-order valence-electron chi connectivity index (χ1n) is 9.26. The molecule has 0 fully saturated rings. The average molecular weight is 384 g/mol. The van der Waals surface area contributed by atoms with Gasteiger partial charge in [0.1, 0.15) is 12.2 Å². The van der Waals surface area contributed by atoms with E-state index in [2.05, 4.69) is 10.6 Å². The third kappa shape index (κ3) is 7.31. The summed E-state index contributed by atoms with van der Waals surface area (Å²) in [5.74, 6) is 0.